The molecule has 1 aromatic carbocycles. The Bertz CT molecular complexity index is 817. The predicted molar refractivity (Wildman–Crippen MR) is 104 cm³/mol. The zero-order valence-electron chi connectivity index (χ0n) is 15.7. The summed E-state index contributed by atoms with van der Waals surface area (Å²) < 4.78 is 5.51. The number of anilines is 1. The SMILES string of the molecule is CCOc1ccccc1C(=O)N[C@@H](C(=O)Nc1nnc(C2CC2)s1)C(C)C. The molecule has 1 aromatic heterocycles. The molecule has 27 heavy (non-hydrogen) atoms. The standard InChI is InChI=1S/C19H24N4O3S/c1-4-26-14-8-6-5-7-13(14)16(24)20-15(11(2)3)17(25)21-19-23-22-18(27-19)12-9-10-12/h5-8,11-12,15H,4,9-10H2,1-3H3,(H,20,24)(H,21,23,25)/t15-/m1/s1. The highest BCUT2D eigenvalue weighted by Gasteiger charge is 2.29. The third kappa shape index (κ3) is 4.82. The first-order chi connectivity index (χ1) is 13.0. The molecule has 3 rings (SSSR count). The van der Waals surface area contributed by atoms with E-state index in [2.05, 4.69) is 20.8 Å². The third-order valence-electron chi connectivity index (χ3n) is 4.26. The fourth-order valence-corrected chi connectivity index (χ4v) is 3.57. The Kier molecular flexibility index (Phi) is 6.05. The van der Waals surface area contributed by atoms with E-state index in [0.717, 1.165) is 17.8 Å². The van der Waals surface area contributed by atoms with Crippen molar-refractivity contribution >= 4 is 28.3 Å². The average molecular weight is 388 g/mol. The number of carbonyl (C=O) groups excluding carboxylic acids is 2. The van der Waals surface area contributed by atoms with E-state index in [9.17, 15) is 9.59 Å². The van der Waals surface area contributed by atoms with Crippen LogP contribution in [0.15, 0.2) is 24.3 Å². The van der Waals surface area contributed by atoms with Gasteiger partial charge < -0.3 is 10.1 Å². The highest BCUT2D eigenvalue weighted by atomic mass is 32.1. The Hall–Kier alpha value is -2.48. The van der Waals surface area contributed by atoms with Gasteiger partial charge in [-0.1, -0.05) is 37.3 Å². The van der Waals surface area contributed by atoms with E-state index in [1.165, 1.54) is 11.3 Å². The van der Waals surface area contributed by atoms with Crippen molar-refractivity contribution < 1.29 is 14.3 Å². The second-order valence-corrected chi connectivity index (χ2v) is 7.84. The number of hydrogen-bond acceptors (Lipinski definition) is 6. The smallest absolute Gasteiger partial charge is 0.255 e. The highest BCUT2D eigenvalue weighted by molar-refractivity contribution is 7.15. The lowest BCUT2D eigenvalue weighted by Crippen LogP contribution is -2.47. The van der Waals surface area contributed by atoms with Crippen LogP contribution in [0.1, 0.15) is 54.9 Å². The summed E-state index contributed by atoms with van der Waals surface area (Å²) in [5.74, 6) is 0.251. The molecule has 1 aliphatic carbocycles. The number of nitrogens with one attached hydrogen (secondary N) is 2. The maximum Gasteiger partial charge on any atom is 0.255 e. The van der Waals surface area contributed by atoms with Crippen molar-refractivity contribution in [1.29, 1.82) is 0 Å². The van der Waals surface area contributed by atoms with E-state index in [-0.39, 0.29) is 17.7 Å². The first kappa shape index (κ1) is 19.3. The number of nitrogens with zero attached hydrogens (tertiary/aromatic N) is 2. The third-order valence-corrected chi connectivity index (χ3v) is 5.27. The molecule has 0 saturated heterocycles. The first-order valence-electron chi connectivity index (χ1n) is 9.16. The maximum absolute atomic E-state index is 12.7. The summed E-state index contributed by atoms with van der Waals surface area (Å²) in [5.41, 5.74) is 0.407. The molecule has 0 aliphatic heterocycles. The van der Waals surface area contributed by atoms with Gasteiger partial charge in [0, 0.05) is 5.92 Å². The fourth-order valence-electron chi connectivity index (χ4n) is 2.65. The molecule has 1 aliphatic rings. The Morgan fingerprint density at radius 3 is 2.67 bits per heavy atom. The minimum atomic E-state index is -0.694. The molecule has 1 atom stereocenters. The molecule has 2 N–H and O–H groups in total. The summed E-state index contributed by atoms with van der Waals surface area (Å²) in [7, 11) is 0. The van der Waals surface area contributed by atoms with Crippen LogP contribution in [0.4, 0.5) is 5.13 Å². The molecule has 1 fully saturated rings. The number of carbonyl (C=O) groups is 2. The summed E-state index contributed by atoms with van der Waals surface area (Å²) >= 11 is 1.40. The van der Waals surface area contributed by atoms with Gasteiger partial charge in [0.05, 0.1) is 12.2 Å². The van der Waals surface area contributed by atoms with E-state index in [4.69, 9.17) is 4.74 Å². The van der Waals surface area contributed by atoms with Gasteiger partial charge in [0.15, 0.2) is 0 Å². The number of para-hydroxylation sites is 1. The Labute approximate surface area is 162 Å². The molecule has 1 saturated carbocycles. The molecule has 144 valence electrons. The summed E-state index contributed by atoms with van der Waals surface area (Å²) in [4.78, 5) is 25.4. The molecule has 0 radical (unpaired) electrons. The largest absolute Gasteiger partial charge is 0.493 e. The molecule has 8 heteroatoms. The van der Waals surface area contributed by atoms with Crippen LogP contribution in [-0.4, -0.2) is 34.7 Å². The average Bonchev–Trinajstić information content (AvgIpc) is 3.39. The lowest BCUT2D eigenvalue weighted by Gasteiger charge is -2.21. The first-order valence-corrected chi connectivity index (χ1v) is 9.98. The lowest BCUT2D eigenvalue weighted by atomic mass is 10.0. The molecule has 0 bridgehead atoms. The van der Waals surface area contributed by atoms with Gasteiger partial charge in [-0.15, -0.1) is 10.2 Å². The lowest BCUT2D eigenvalue weighted by molar-refractivity contribution is -0.118. The van der Waals surface area contributed by atoms with Gasteiger partial charge in [0.1, 0.15) is 16.8 Å². The number of ether oxygens (including phenoxy) is 1. The van der Waals surface area contributed by atoms with E-state index >= 15 is 0 Å². The number of aromatic nitrogens is 2. The molecule has 2 aromatic rings. The Balaban J connectivity index is 1.69. The summed E-state index contributed by atoms with van der Waals surface area (Å²) in [5, 5.41) is 15.2. The zero-order chi connectivity index (χ0) is 19.4. The van der Waals surface area contributed by atoms with Crippen LogP contribution in [0, 0.1) is 5.92 Å². The van der Waals surface area contributed by atoms with E-state index < -0.39 is 6.04 Å². The molecule has 0 unspecified atom stereocenters. The summed E-state index contributed by atoms with van der Waals surface area (Å²) in [6.07, 6.45) is 2.26. The number of hydrogen-bond donors (Lipinski definition) is 2. The van der Waals surface area contributed by atoms with Crippen molar-refractivity contribution in [3.8, 4) is 5.75 Å². The van der Waals surface area contributed by atoms with Gasteiger partial charge in [-0.25, -0.2) is 0 Å². The topological polar surface area (TPSA) is 93.2 Å². The van der Waals surface area contributed by atoms with Crippen molar-refractivity contribution in [2.24, 2.45) is 5.92 Å². The summed E-state index contributed by atoms with van der Waals surface area (Å²) in [6, 6.07) is 6.30. The van der Waals surface area contributed by atoms with Crippen molar-refractivity contribution in [2.45, 2.75) is 45.6 Å². The van der Waals surface area contributed by atoms with Crippen LogP contribution in [0.5, 0.6) is 5.75 Å². The summed E-state index contributed by atoms with van der Waals surface area (Å²) in [6.45, 7) is 6.08. The quantitative estimate of drug-likeness (QED) is 0.724. The van der Waals surface area contributed by atoms with Gasteiger partial charge in [-0.05, 0) is 37.8 Å². The Morgan fingerprint density at radius 2 is 2.00 bits per heavy atom. The van der Waals surface area contributed by atoms with Gasteiger partial charge >= 0.3 is 0 Å². The molecule has 7 nitrogen and oxygen atoms in total. The second kappa shape index (κ2) is 8.47. The number of benzene rings is 1. The van der Waals surface area contributed by atoms with Crippen molar-refractivity contribution in [3.63, 3.8) is 0 Å². The highest BCUT2D eigenvalue weighted by Crippen LogP contribution is 2.42. The Morgan fingerprint density at radius 1 is 1.26 bits per heavy atom. The number of rotatable bonds is 8. The molecular formula is C19H24N4O3S. The van der Waals surface area contributed by atoms with E-state index in [1.807, 2.05) is 20.8 Å². The van der Waals surface area contributed by atoms with Crippen LogP contribution in [-0.2, 0) is 4.79 Å². The fraction of sp³-hybridized carbons (Fsp3) is 0.474. The van der Waals surface area contributed by atoms with Crippen LogP contribution < -0.4 is 15.4 Å². The molecule has 0 spiro atoms. The zero-order valence-corrected chi connectivity index (χ0v) is 16.5. The van der Waals surface area contributed by atoms with E-state index in [1.54, 1.807) is 24.3 Å². The molecule has 1 heterocycles. The van der Waals surface area contributed by atoms with Crippen molar-refractivity contribution in [1.82, 2.24) is 15.5 Å². The number of amides is 2. The van der Waals surface area contributed by atoms with E-state index in [0.29, 0.717) is 29.0 Å². The van der Waals surface area contributed by atoms with Crippen molar-refractivity contribution in [2.75, 3.05) is 11.9 Å². The van der Waals surface area contributed by atoms with Gasteiger partial charge in [0.2, 0.25) is 11.0 Å². The van der Waals surface area contributed by atoms with Gasteiger partial charge in [0.25, 0.3) is 5.91 Å². The molecule has 2 amide bonds. The monoisotopic (exact) mass is 388 g/mol. The maximum atomic E-state index is 12.7. The van der Waals surface area contributed by atoms with Gasteiger partial charge in [-0.2, -0.15) is 0 Å². The van der Waals surface area contributed by atoms with Crippen LogP contribution in [0.25, 0.3) is 0 Å². The molecular weight excluding hydrogens is 364 g/mol. The van der Waals surface area contributed by atoms with Crippen LogP contribution >= 0.6 is 11.3 Å². The van der Waals surface area contributed by atoms with Crippen LogP contribution in [0.3, 0.4) is 0 Å². The van der Waals surface area contributed by atoms with Crippen molar-refractivity contribution in [3.05, 3.63) is 34.8 Å². The van der Waals surface area contributed by atoms with Gasteiger partial charge in [-0.3, -0.25) is 14.9 Å². The van der Waals surface area contributed by atoms with Crippen LogP contribution in [0.2, 0.25) is 0 Å². The normalized spacial score (nSPS) is 14.7. The predicted octanol–water partition coefficient (Wildman–Crippen LogP) is 3.21. The second-order valence-electron chi connectivity index (χ2n) is 6.83. The minimum Gasteiger partial charge on any atom is -0.493 e. The minimum absolute atomic E-state index is 0.0935.